The number of aromatic nitrogens is 4. The number of benzene rings is 1. The normalized spacial score (nSPS) is 10.6. The van der Waals surface area contributed by atoms with Crippen molar-refractivity contribution in [2.75, 3.05) is 0 Å². The van der Waals surface area contributed by atoms with Gasteiger partial charge in [0.05, 0.1) is 6.54 Å². The predicted octanol–water partition coefficient (Wildman–Crippen LogP) is 3.39. The summed E-state index contributed by atoms with van der Waals surface area (Å²) in [6.07, 6.45) is 3.39. The van der Waals surface area contributed by atoms with Crippen molar-refractivity contribution in [1.82, 2.24) is 25.1 Å². The van der Waals surface area contributed by atoms with E-state index >= 15 is 0 Å². The summed E-state index contributed by atoms with van der Waals surface area (Å²) in [5, 5.41) is 12.2. The third kappa shape index (κ3) is 5.04. The number of pyridine rings is 1. The third-order valence-corrected chi connectivity index (χ3v) is 4.90. The van der Waals surface area contributed by atoms with E-state index in [9.17, 15) is 4.79 Å². The Kier molecular flexibility index (Phi) is 6.38. The molecule has 0 unspecified atom stereocenters. The predicted molar refractivity (Wildman–Crippen MR) is 106 cm³/mol. The number of nitrogens with zero attached hydrogens (tertiary/aromatic N) is 4. The fourth-order valence-electron chi connectivity index (χ4n) is 2.57. The number of carbonyl (C=O) groups is 1. The number of hydrogen-bond donors (Lipinski definition) is 1. The second kappa shape index (κ2) is 9.14. The molecule has 0 aliphatic carbocycles. The summed E-state index contributed by atoms with van der Waals surface area (Å²) in [5.41, 5.74) is 2.85. The Bertz CT molecular complexity index is 923. The quantitative estimate of drug-likeness (QED) is 0.480. The van der Waals surface area contributed by atoms with Crippen LogP contribution < -0.4 is 5.32 Å². The van der Waals surface area contributed by atoms with E-state index in [2.05, 4.69) is 58.3 Å². The Morgan fingerprint density at radius 1 is 1.26 bits per heavy atom. The number of allylic oxidation sites excluding steroid dienone is 1. The minimum Gasteiger partial charge on any atom is -0.343 e. The summed E-state index contributed by atoms with van der Waals surface area (Å²) < 4.78 is 1.96. The van der Waals surface area contributed by atoms with Gasteiger partial charge in [-0.05, 0) is 24.6 Å². The van der Waals surface area contributed by atoms with Gasteiger partial charge in [-0.1, -0.05) is 53.7 Å². The number of aryl methyl sites for hydroxylation is 1. The lowest BCUT2D eigenvalue weighted by atomic mass is 10.2. The summed E-state index contributed by atoms with van der Waals surface area (Å²) >= 11 is 1.62. The Hall–Kier alpha value is -2.93. The lowest BCUT2D eigenvalue weighted by Gasteiger charge is -2.09. The monoisotopic (exact) mass is 379 g/mol. The fourth-order valence-corrected chi connectivity index (χ4v) is 3.48. The number of nitrogens with one attached hydrogen (secondary N) is 1. The SMILES string of the molecule is C=CCn1c(CNC(=O)c2ccccn2)nnc1SCc1cccc(C)c1. The molecule has 0 atom stereocenters. The lowest BCUT2D eigenvalue weighted by Crippen LogP contribution is -2.25. The first kappa shape index (κ1) is 18.8. The van der Waals surface area contributed by atoms with Gasteiger partial charge >= 0.3 is 0 Å². The number of hydrogen-bond acceptors (Lipinski definition) is 5. The van der Waals surface area contributed by atoms with Gasteiger partial charge in [0.2, 0.25) is 0 Å². The Morgan fingerprint density at radius 3 is 2.89 bits per heavy atom. The molecule has 0 radical (unpaired) electrons. The van der Waals surface area contributed by atoms with Crippen LogP contribution in [0.1, 0.15) is 27.4 Å². The molecule has 7 heteroatoms. The Balaban J connectivity index is 1.67. The van der Waals surface area contributed by atoms with E-state index in [-0.39, 0.29) is 12.5 Å². The second-order valence-corrected chi connectivity index (χ2v) is 6.92. The molecule has 138 valence electrons. The molecule has 27 heavy (non-hydrogen) atoms. The first-order chi connectivity index (χ1) is 13.2. The van der Waals surface area contributed by atoms with Crippen molar-refractivity contribution in [3.63, 3.8) is 0 Å². The van der Waals surface area contributed by atoms with E-state index in [0.29, 0.717) is 18.1 Å². The molecule has 0 saturated heterocycles. The molecule has 3 rings (SSSR count). The molecule has 3 aromatic rings. The van der Waals surface area contributed by atoms with Crippen LogP contribution in [0, 0.1) is 6.92 Å². The van der Waals surface area contributed by atoms with Gasteiger partial charge in [-0.25, -0.2) is 0 Å². The Labute approximate surface area is 162 Å². The average molecular weight is 379 g/mol. The smallest absolute Gasteiger partial charge is 0.270 e. The van der Waals surface area contributed by atoms with Gasteiger partial charge in [-0.15, -0.1) is 16.8 Å². The summed E-state index contributed by atoms with van der Waals surface area (Å²) in [7, 11) is 0. The maximum absolute atomic E-state index is 12.2. The minimum absolute atomic E-state index is 0.238. The Morgan fingerprint density at radius 2 is 2.15 bits per heavy atom. The van der Waals surface area contributed by atoms with E-state index in [1.807, 2.05) is 4.57 Å². The number of carbonyl (C=O) groups excluding carboxylic acids is 1. The van der Waals surface area contributed by atoms with Crippen molar-refractivity contribution in [3.8, 4) is 0 Å². The van der Waals surface area contributed by atoms with Gasteiger partial charge in [0.15, 0.2) is 11.0 Å². The summed E-state index contributed by atoms with van der Waals surface area (Å²) in [4.78, 5) is 16.2. The van der Waals surface area contributed by atoms with Crippen molar-refractivity contribution in [3.05, 3.63) is 84.0 Å². The van der Waals surface area contributed by atoms with Crippen LogP contribution >= 0.6 is 11.8 Å². The molecule has 1 aromatic carbocycles. The molecule has 0 bridgehead atoms. The lowest BCUT2D eigenvalue weighted by molar-refractivity contribution is 0.0944. The van der Waals surface area contributed by atoms with Crippen LogP contribution in [-0.4, -0.2) is 25.7 Å². The second-order valence-electron chi connectivity index (χ2n) is 5.97. The zero-order valence-corrected chi connectivity index (χ0v) is 15.9. The van der Waals surface area contributed by atoms with Crippen LogP contribution in [0.25, 0.3) is 0 Å². The van der Waals surface area contributed by atoms with E-state index in [0.717, 1.165) is 10.9 Å². The van der Waals surface area contributed by atoms with Crippen molar-refractivity contribution >= 4 is 17.7 Å². The molecule has 0 fully saturated rings. The highest BCUT2D eigenvalue weighted by Crippen LogP contribution is 2.22. The zero-order valence-electron chi connectivity index (χ0n) is 15.1. The van der Waals surface area contributed by atoms with Crippen LogP contribution in [0.4, 0.5) is 0 Å². The standard InChI is InChI=1S/C20H21N5OS/c1-3-11-25-18(13-22-19(26)17-9-4-5-10-21-17)23-24-20(25)27-14-16-8-6-7-15(2)12-16/h3-10,12H,1,11,13-14H2,2H3,(H,22,26). The third-order valence-electron chi connectivity index (χ3n) is 3.86. The first-order valence-electron chi connectivity index (χ1n) is 8.58. The molecule has 2 aromatic heterocycles. The van der Waals surface area contributed by atoms with Gasteiger partial charge in [-0.3, -0.25) is 9.78 Å². The number of thioether (sulfide) groups is 1. The van der Waals surface area contributed by atoms with Gasteiger partial charge in [0, 0.05) is 18.5 Å². The van der Waals surface area contributed by atoms with Crippen molar-refractivity contribution in [1.29, 1.82) is 0 Å². The van der Waals surface area contributed by atoms with Crippen LogP contribution in [0.15, 0.2) is 66.5 Å². The molecule has 1 amide bonds. The zero-order chi connectivity index (χ0) is 19.1. The van der Waals surface area contributed by atoms with Crippen LogP contribution in [0.2, 0.25) is 0 Å². The van der Waals surface area contributed by atoms with Gasteiger partial charge in [-0.2, -0.15) is 0 Å². The molecule has 0 saturated carbocycles. The summed E-state index contributed by atoms with van der Waals surface area (Å²) in [6, 6.07) is 13.6. The minimum atomic E-state index is -0.238. The molecule has 6 nitrogen and oxygen atoms in total. The van der Waals surface area contributed by atoms with E-state index in [1.165, 1.54) is 11.1 Å². The summed E-state index contributed by atoms with van der Waals surface area (Å²) in [6.45, 7) is 6.75. The van der Waals surface area contributed by atoms with Crippen LogP contribution in [0.3, 0.4) is 0 Å². The van der Waals surface area contributed by atoms with E-state index < -0.39 is 0 Å². The van der Waals surface area contributed by atoms with Crippen molar-refractivity contribution in [2.24, 2.45) is 0 Å². The average Bonchev–Trinajstić information content (AvgIpc) is 3.07. The molecule has 0 aliphatic heterocycles. The molecule has 2 heterocycles. The van der Waals surface area contributed by atoms with Gasteiger partial charge in [0.1, 0.15) is 5.69 Å². The fraction of sp³-hybridized carbons (Fsp3) is 0.200. The molecule has 0 aliphatic rings. The van der Waals surface area contributed by atoms with E-state index in [4.69, 9.17) is 0 Å². The van der Waals surface area contributed by atoms with Crippen molar-refractivity contribution in [2.45, 2.75) is 30.9 Å². The highest BCUT2D eigenvalue weighted by atomic mass is 32.2. The highest BCUT2D eigenvalue weighted by Gasteiger charge is 2.14. The highest BCUT2D eigenvalue weighted by molar-refractivity contribution is 7.98. The largest absolute Gasteiger partial charge is 0.343 e. The van der Waals surface area contributed by atoms with Gasteiger partial charge < -0.3 is 9.88 Å². The maximum Gasteiger partial charge on any atom is 0.270 e. The maximum atomic E-state index is 12.2. The van der Waals surface area contributed by atoms with E-state index in [1.54, 1.807) is 42.2 Å². The molecular formula is C20H21N5OS. The molecular weight excluding hydrogens is 358 g/mol. The first-order valence-corrected chi connectivity index (χ1v) is 9.56. The van der Waals surface area contributed by atoms with Gasteiger partial charge in [0.25, 0.3) is 5.91 Å². The molecule has 1 N–H and O–H groups in total. The topological polar surface area (TPSA) is 72.7 Å². The van der Waals surface area contributed by atoms with Crippen LogP contribution in [0.5, 0.6) is 0 Å². The number of amides is 1. The summed E-state index contributed by atoms with van der Waals surface area (Å²) in [5.74, 6) is 1.25. The van der Waals surface area contributed by atoms with Crippen molar-refractivity contribution < 1.29 is 4.79 Å². The number of rotatable bonds is 8. The van der Waals surface area contributed by atoms with Crippen LogP contribution in [-0.2, 0) is 18.8 Å². The molecule has 0 spiro atoms.